The number of rotatable bonds is 3. The molecule has 6 heteroatoms. The quantitative estimate of drug-likeness (QED) is 0.928. The molecule has 1 fully saturated rings. The standard InChI is InChI=1S/C16H23FN2O3/c1-16(2)9-19(6-5-14(16)18)15(20)10-7-12(21-3)13(22-4)8-11(10)17/h7-8,14H,5-6,9,18H2,1-4H3. The van der Waals surface area contributed by atoms with E-state index < -0.39 is 5.82 Å². The van der Waals surface area contributed by atoms with Crippen LogP contribution in [0.25, 0.3) is 0 Å². The molecule has 2 rings (SSSR count). The maximum absolute atomic E-state index is 14.2. The Labute approximate surface area is 130 Å². The summed E-state index contributed by atoms with van der Waals surface area (Å²) in [5.74, 6) is -0.369. The first-order valence-corrected chi connectivity index (χ1v) is 7.26. The Hall–Kier alpha value is -1.82. The van der Waals surface area contributed by atoms with Gasteiger partial charge in [-0.05, 0) is 17.9 Å². The molecule has 1 saturated heterocycles. The lowest BCUT2D eigenvalue weighted by Crippen LogP contribution is -2.54. The van der Waals surface area contributed by atoms with Crippen molar-refractivity contribution in [3.05, 3.63) is 23.5 Å². The third-order valence-corrected chi connectivity index (χ3v) is 4.30. The van der Waals surface area contributed by atoms with Crippen molar-refractivity contribution in [2.45, 2.75) is 26.3 Å². The lowest BCUT2D eigenvalue weighted by molar-refractivity contribution is 0.0528. The molecule has 1 amide bonds. The van der Waals surface area contributed by atoms with Crippen LogP contribution in [0.4, 0.5) is 4.39 Å². The number of amides is 1. The molecule has 1 aliphatic rings. The Balaban J connectivity index is 2.30. The van der Waals surface area contributed by atoms with Gasteiger partial charge in [0.25, 0.3) is 5.91 Å². The Kier molecular flexibility index (Phi) is 4.60. The van der Waals surface area contributed by atoms with E-state index in [1.54, 1.807) is 4.90 Å². The maximum atomic E-state index is 14.2. The van der Waals surface area contributed by atoms with Crippen LogP contribution in [-0.4, -0.2) is 44.2 Å². The van der Waals surface area contributed by atoms with Crippen molar-refractivity contribution in [3.63, 3.8) is 0 Å². The van der Waals surface area contributed by atoms with Crippen LogP contribution < -0.4 is 15.2 Å². The summed E-state index contributed by atoms with van der Waals surface area (Å²) in [6, 6.07) is 2.59. The molecule has 122 valence electrons. The maximum Gasteiger partial charge on any atom is 0.256 e. The highest BCUT2D eigenvalue weighted by molar-refractivity contribution is 5.95. The number of ether oxygens (including phenoxy) is 2. The van der Waals surface area contributed by atoms with Gasteiger partial charge in [0.1, 0.15) is 5.82 Å². The predicted molar refractivity (Wildman–Crippen MR) is 81.8 cm³/mol. The Bertz CT molecular complexity index is 575. The van der Waals surface area contributed by atoms with Gasteiger partial charge in [0.2, 0.25) is 0 Å². The molecule has 5 nitrogen and oxygen atoms in total. The van der Waals surface area contributed by atoms with Crippen LogP contribution in [0.3, 0.4) is 0 Å². The van der Waals surface area contributed by atoms with E-state index in [4.69, 9.17) is 15.2 Å². The molecule has 0 aromatic heterocycles. The Morgan fingerprint density at radius 1 is 1.32 bits per heavy atom. The number of benzene rings is 1. The number of halogens is 1. The summed E-state index contributed by atoms with van der Waals surface area (Å²) in [6.45, 7) is 5.06. The van der Waals surface area contributed by atoms with Crippen molar-refractivity contribution in [3.8, 4) is 11.5 Å². The van der Waals surface area contributed by atoms with Crippen LogP contribution in [-0.2, 0) is 0 Å². The minimum Gasteiger partial charge on any atom is -0.493 e. The summed E-state index contributed by atoms with van der Waals surface area (Å²) in [7, 11) is 2.88. The van der Waals surface area contributed by atoms with Crippen LogP contribution in [0, 0.1) is 11.2 Å². The molecule has 0 spiro atoms. The first-order chi connectivity index (χ1) is 10.3. The molecule has 0 bridgehead atoms. The number of methoxy groups -OCH3 is 2. The summed E-state index contributed by atoms with van der Waals surface area (Å²) in [6.07, 6.45) is 0.702. The number of carbonyl (C=O) groups is 1. The molecule has 1 atom stereocenters. The molecular formula is C16H23FN2O3. The van der Waals surface area contributed by atoms with Gasteiger partial charge in [-0.1, -0.05) is 13.8 Å². The summed E-state index contributed by atoms with van der Waals surface area (Å²) >= 11 is 0. The van der Waals surface area contributed by atoms with Gasteiger partial charge in [0.15, 0.2) is 11.5 Å². The van der Waals surface area contributed by atoms with E-state index >= 15 is 0 Å². The molecule has 0 radical (unpaired) electrons. The molecule has 0 aliphatic carbocycles. The summed E-state index contributed by atoms with van der Waals surface area (Å²) in [4.78, 5) is 14.3. The number of hydrogen-bond acceptors (Lipinski definition) is 4. The van der Waals surface area contributed by atoms with Crippen LogP contribution in [0.2, 0.25) is 0 Å². The molecule has 1 aromatic rings. The summed E-state index contributed by atoms with van der Waals surface area (Å²) < 4.78 is 24.4. The number of nitrogens with two attached hydrogens (primary N) is 1. The average Bonchev–Trinajstić information content (AvgIpc) is 2.48. The second-order valence-electron chi connectivity index (χ2n) is 6.30. The van der Waals surface area contributed by atoms with Gasteiger partial charge in [-0.2, -0.15) is 0 Å². The summed E-state index contributed by atoms with van der Waals surface area (Å²) in [5, 5.41) is 0. The van der Waals surface area contributed by atoms with Crippen LogP contribution in [0.15, 0.2) is 12.1 Å². The molecule has 1 unspecified atom stereocenters. The number of piperidine rings is 1. The molecule has 1 aliphatic heterocycles. The normalized spacial score (nSPS) is 20.6. The fraction of sp³-hybridized carbons (Fsp3) is 0.562. The Morgan fingerprint density at radius 3 is 2.45 bits per heavy atom. The zero-order chi connectivity index (χ0) is 16.5. The topological polar surface area (TPSA) is 64.8 Å². The minimum absolute atomic E-state index is 0.0103. The van der Waals surface area contributed by atoms with E-state index in [0.717, 1.165) is 0 Å². The van der Waals surface area contributed by atoms with Crippen molar-refractivity contribution < 1.29 is 18.7 Å². The molecule has 2 N–H and O–H groups in total. The van der Waals surface area contributed by atoms with Crippen molar-refractivity contribution in [2.75, 3.05) is 27.3 Å². The first kappa shape index (κ1) is 16.5. The Morgan fingerprint density at radius 2 is 1.91 bits per heavy atom. The molecule has 1 aromatic carbocycles. The van der Waals surface area contributed by atoms with Gasteiger partial charge >= 0.3 is 0 Å². The van der Waals surface area contributed by atoms with Gasteiger partial charge in [0.05, 0.1) is 19.8 Å². The lowest BCUT2D eigenvalue weighted by atomic mass is 9.79. The van der Waals surface area contributed by atoms with E-state index in [9.17, 15) is 9.18 Å². The van der Waals surface area contributed by atoms with Crippen LogP contribution in [0.5, 0.6) is 11.5 Å². The highest BCUT2D eigenvalue weighted by Crippen LogP contribution is 2.32. The monoisotopic (exact) mass is 310 g/mol. The smallest absolute Gasteiger partial charge is 0.256 e. The lowest BCUT2D eigenvalue weighted by Gasteiger charge is -2.42. The van der Waals surface area contributed by atoms with Gasteiger partial charge in [-0.3, -0.25) is 4.79 Å². The SMILES string of the molecule is COc1cc(F)c(C(=O)N2CCC(N)C(C)(C)C2)cc1OC. The molecule has 0 saturated carbocycles. The predicted octanol–water partition coefficient (Wildman–Crippen LogP) is 2.04. The van der Waals surface area contributed by atoms with Gasteiger partial charge in [-0.15, -0.1) is 0 Å². The third-order valence-electron chi connectivity index (χ3n) is 4.30. The van der Waals surface area contributed by atoms with E-state index in [2.05, 4.69) is 0 Å². The first-order valence-electron chi connectivity index (χ1n) is 7.26. The zero-order valence-electron chi connectivity index (χ0n) is 13.5. The second-order valence-corrected chi connectivity index (χ2v) is 6.30. The fourth-order valence-electron chi connectivity index (χ4n) is 2.74. The van der Waals surface area contributed by atoms with Crippen molar-refractivity contribution >= 4 is 5.91 Å². The fourth-order valence-corrected chi connectivity index (χ4v) is 2.74. The summed E-state index contributed by atoms with van der Waals surface area (Å²) in [5.41, 5.74) is 5.87. The number of nitrogens with zero attached hydrogens (tertiary/aromatic N) is 1. The minimum atomic E-state index is -0.615. The van der Waals surface area contributed by atoms with E-state index in [1.807, 2.05) is 13.8 Å². The second kappa shape index (κ2) is 6.12. The largest absolute Gasteiger partial charge is 0.493 e. The van der Waals surface area contributed by atoms with Crippen LogP contribution in [0.1, 0.15) is 30.6 Å². The van der Waals surface area contributed by atoms with E-state index in [1.165, 1.54) is 26.4 Å². The number of carbonyl (C=O) groups excluding carboxylic acids is 1. The van der Waals surface area contributed by atoms with Crippen molar-refractivity contribution in [1.29, 1.82) is 0 Å². The van der Waals surface area contributed by atoms with Crippen molar-refractivity contribution in [2.24, 2.45) is 11.1 Å². The van der Waals surface area contributed by atoms with E-state index in [0.29, 0.717) is 25.3 Å². The molecule has 1 heterocycles. The number of likely N-dealkylation sites (tertiary alicyclic amines) is 1. The van der Waals surface area contributed by atoms with Gasteiger partial charge in [0, 0.05) is 25.2 Å². The third kappa shape index (κ3) is 3.02. The van der Waals surface area contributed by atoms with E-state index in [-0.39, 0.29) is 28.7 Å². The van der Waals surface area contributed by atoms with Crippen LogP contribution >= 0.6 is 0 Å². The highest BCUT2D eigenvalue weighted by atomic mass is 19.1. The highest BCUT2D eigenvalue weighted by Gasteiger charge is 2.36. The average molecular weight is 310 g/mol. The molecule has 22 heavy (non-hydrogen) atoms. The van der Waals surface area contributed by atoms with Gasteiger partial charge in [-0.25, -0.2) is 4.39 Å². The van der Waals surface area contributed by atoms with Crippen molar-refractivity contribution in [1.82, 2.24) is 4.90 Å². The number of hydrogen-bond donors (Lipinski definition) is 1. The van der Waals surface area contributed by atoms with Gasteiger partial charge < -0.3 is 20.1 Å². The molecular weight excluding hydrogens is 287 g/mol. The zero-order valence-corrected chi connectivity index (χ0v) is 13.5.